The number of nitrogens with one attached hydrogen (secondary N) is 1. The molecule has 0 spiro atoms. The molecule has 0 amide bonds. The van der Waals surface area contributed by atoms with Crippen molar-refractivity contribution >= 4 is 22.5 Å². The van der Waals surface area contributed by atoms with Crippen LogP contribution < -0.4 is 0 Å². The van der Waals surface area contributed by atoms with E-state index in [0.29, 0.717) is 21.9 Å². The Morgan fingerprint density at radius 2 is 2.10 bits per heavy atom. The fraction of sp³-hybridized carbons (Fsp3) is 0.231. The molecule has 0 fully saturated rings. The van der Waals surface area contributed by atoms with Crippen molar-refractivity contribution in [2.45, 2.75) is 19.8 Å². The number of imidazole rings is 1. The molecule has 0 aliphatic heterocycles. The third-order valence-electron chi connectivity index (χ3n) is 2.98. The number of hydrogen-bond donors (Lipinski definition) is 1. The standard InChI is InChI=1S/C13H11ClF2N4/c1-7-6-20(12(18-7)13(2,15)16)9-3-8-5-17-19-11(8)10(14)4-9/h3-6H,1-2H3,(H,17,19). The van der Waals surface area contributed by atoms with E-state index >= 15 is 0 Å². The van der Waals surface area contributed by atoms with E-state index in [4.69, 9.17) is 11.6 Å². The van der Waals surface area contributed by atoms with Gasteiger partial charge in [-0.15, -0.1) is 0 Å². The summed E-state index contributed by atoms with van der Waals surface area (Å²) in [6.45, 7) is 2.49. The number of hydrogen-bond acceptors (Lipinski definition) is 2. The summed E-state index contributed by atoms with van der Waals surface area (Å²) in [6, 6.07) is 3.35. The van der Waals surface area contributed by atoms with Crippen LogP contribution in [0.15, 0.2) is 24.5 Å². The van der Waals surface area contributed by atoms with Crippen molar-refractivity contribution in [2.24, 2.45) is 0 Å². The van der Waals surface area contributed by atoms with Crippen LogP contribution in [0.5, 0.6) is 0 Å². The quantitative estimate of drug-likeness (QED) is 0.781. The number of halogens is 3. The van der Waals surface area contributed by atoms with E-state index in [2.05, 4.69) is 15.2 Å². The second-order valence-corrected chi connectivity index (χ2v) is 5.13. The summed E-state index contributed by atoms with van der Waals surface area (Å²) in [5.41, 5.74) is 1.73. The van der Waals surface area contributed by atoms with Crippen LogP contribution in [-0.2, 0) is 5.92 Å². The molecule has 2 aromatic heterocycles. The van der Waals surface area contributed by atoms with Crippen LogP contribution in [0.2, 0.25) is 5.02 Å². The number of alkyl halides is 2. The zero-order valence-electron chi connectivity index (χ0n) is 10.8. The minimum absolute atomic E-state index is 0.311. The summed E-state index contributed by atoms with van der Waals surface area (Å²) in [6.07, 6.45) is 3.16. The Bertz CT molecular complexity index is 785. The molecule has 0 saturated carbocycles. The molecule has 4 nitrogen and oxygen atoms in total. The Hall–Kier alpha value is -1.95. The molecule has 104 valence electrons. The van der Waals surface area contributed by atoms with Crippen LogP contribution in [0.4, 0.5) is 8.78 Å². The van der Waals surface area contributed by atoms with Gasteiger partial charge in [0.1, 0.15) is 0 Å². The first-order valence-corrected chi connectivity index (χ1v) is 6.31. The topological polar surface area (TPSA) is 46.5 Å². The van der Waals surface area contributed by atoms with Crippen LogP contribution in [0.25, 0.3) is 16.6 Å². The molecule has 1 aromatic carbocycles. The average molecular weight is 297 g/mol. The molecule has 1 N–H and O–H groups in total. The number of fused-ring (bicyclic) bond motifs is 1. The zero-order valence-corrected chi connectivity index (χ0v) is 11.5. The van der Waals surface area contributed by atoms with E-state index in [1.807, 2.05) is 0 Å². The largest absolute Gasteiger partial charge is 0.302 e. The van der Waals surface area contributed by atoms with Crippen LogP contribution in [0, 0.1) is 6.92 Å². The first kappa shape index (κ1) is 13.1. The molecule has 3 rings (SSSR count). The van der Waals surface area contributed by atoms with Gasteiger partial charge in [-0.2, -0.15) is 13.9 Å². The summed E-state index contributed by atoms with van der Waals surface area (Å²) < 4.78 is 28.6. The molecule has 0 aliphatic carbocycles. The molecule has 0 radical (unpaired) electrons. The van der Waals surface area contributed by atoms with Crippen molar-refractivity contribution in [3.63, 3.8) is 0 Å². The maximum atomic E-state index is 13.6. The van der Waals surface area contributed by atoms with E-state index in [9.17, 15) is 8.78 Å². The lowest BCUT2D eigenvalue weighted by Crippen LogP contribution is -2.15. The fourth-order valence-electron chi connectivity index (χ4n) is 2.14. The first-order chi connectivity index (χ1) is 9.36. The van der Waals surface area contributed by atoms with Crippen molar-refractivity contribution in [3.05, 3.63) is 41.1 Å². The van der Waals surface area contributed by atoms with Crippen molar-refractivity contribution in [1.82, 2.24) is 19.7 Å². The van der Waals surface area contributed by atoms with Crippen molar-refractivity contribution in [3.8, 4) is 5.69 Å². The van der Waals surface area contributed by atoms with Gasteiger partial charge in [0, 0.05) is 24.2 Å². The summed E-state index contributed by atoms with van der Waals surface area (Å²) in [7, 11) is 0. The molecule has 0 atom stereocenters. The maximum absolute atomic E-state index is 13.6. The Kier molecular flexibility index (Phi) is 2.79. The second-order valence-electron chi connectivity index (χ2n) is 4.73. The van der Waals surface area contributed by atoms with Crippen molar-refractivity contribution in [2.75, 3.05) is 0 Å². The fourth-order valence-corrected chi connectivity index (χ4v) is 2.41. The first-order valence-electron chi connectivity index (χ1n) is 5.93. The molecule has 0 aliphatic rings. The lowest BCUT2D eigenvalue weighted by atomic mass is 10.2. The van der Waals surface area contributed by atoms with Gasteiger partial charge in [-0.3, -0.25) is 9.67 Å². The predicted molar refractivity (Wildman–Crippen MR) is 72.5 cm³/mol. The highest BCUT2D eigenvalue weighted by atomic mass is 35.5. The van der Waals surface area contributed by atoms with E-state index in [0.717, 1.165) is 12.3 Å². The lowest BCUT2D eigenvalue weighted by Gasteiger charge is -2.13. The van der Waals surface area contributed by atoms with Gasteiger partial charge in [-0.1, -0.05) is 11.6 Å². The van der Waals surface area contributed by atoms with Gasteiger partial charge >= 0.3 is 5.92 Å². The van der Waals surface area contributed by atoms with Gasteiger partial charge in [0.25, 0.3) is 0 Å². The molecule has 0 unspecified atom stereocenters. The van der Waals surface area contributed by atoms with Gasteiger partial charge in [0.2, 0.25) is 0 Å². The number of aryl methyl sites for hydroxylation is 1. The predicted octanol–water partition coefficient (Wildman–Crippen LogP) is 3.82. The summed E-state index contributed by atoms with van der Waals surface area (Å²) in [5.74, 6) is -3.35. The lowest BCUT2D eigenvalue weighted by molar-refractivity contribution is 0.00624. The van der Waals surface area contributed by atoms with Gasteiger partial charge in [0.15, 0.2) is 5.82 Å². The third-order valence-corrected chi connectivity index (χ3v) is 3.28. The Morgan fingerprint density at radius 3 is 2.80 bits per heavy atom. The Balaban J connectivity index is 2.25. The monoisotopic (exact) mass is 296 g/mol. The van der Waals surface area contributed by atoms with E-state index in [-0.39, 0.29) is 5.82 Å². The minimum Gasteiger partial charge on any atom is -0.298 e. The molecular weight excluding hydrogens is 286 g/mol. The van der Waals surface area contributed by atoms with Crippen LogP contribution in [0.1, 0.15) is 18.4 Å². The highest BCUT2D eigenvalue weighted by Gasteiger charge is 2.31. The molecule has 20 heavy (non-hydrogen) atoms. The number of benzene rings is 1. The molecule has 7 heteroatoms. The van der Waals surface area contributed by atoms with E-state index in [1.54, 1.807) is 31.5 Å². The number of nitrogens with zero attached hydrogens (tertiary/aromatic N) is 3. The van der Waals surface area contributed by atoms with Crippen molar-refractivity contribution < 1.29 is 8.78 Å². The van der Waals surface area contributed by atoms with Crippen LogP contribution in [0.3, 0.4) is 0 Å². The van der Waals surface area contributed by atoms with Gasteiger partial charge in [-0.05, 0) is 19.1 Å². The minimum atomic E-state index is -3.04. The molecule has 0 bridgehead atoms. The molecule has 0 saturated heterocycles. The average Bonchev–Trinajstić information content (AvgIpc) is 2.94. The van der Waals surface area contributed by atoms with E-state index < -0.39 is 5.92 Å². The van der Waals surface area contributed by atoms with Crippen molar-refractivity contribution in [1.29, 1.82) is 0 Å². The van der Waals surface area contributed by atoms with Gasteiger partial charge in [-0.25, -0.2) is 4.98 Å². The summed E-state index contributed by atoms with van der Waals surface area (Å²) in [5, 5.41) is 7.83. The number of aromatic nitrogens is 4. The SMILES string of the molecule is Cc1cn(-c2cc(Cl)c3[nH]ncc3c2)c(C(C)(F)F)n1. The molecular formula is C13H11ClF2N4. The highest BCUT2D eigenvalue weighted by Crippen LogP contribution is 2.31. The Labute approximate surface area is 118 Å². The summed E-state index contributed by atoms with van der Waals surface area (Å²) in [4.78, 5) is 3.90. The molecule has 3 aromatic rings. The smallest absolute Gasteiger partial charge is 0.298 e. The maximum Gasteiger partial charge on any atom is 0.302 e. The number of H-pyrrole nitrogens is 1. The normalized spacial score (nSPS) is 12.2. The van der Waals surface area contributed by atoms with Crippen LogP contribution in [-0.4, -0.2) is 19.7 Å². The van der Waals surface area contributed by atoms with Gasteiger partial charge in [0.05, 0.1) is 22.4 Å². The molecule has 2 heterocycles. The second kappa shape index (κ2) is 4.28. The van der Waals surface area contributed by atoms with Gasteiger partial charge < -0.3 is 0 Å². The number of aromatic amines is 1. The van der Waals surface area contributed by atoms with Crippen LogP contribution >= 0.6 is 11.6 Å². The summed E-state index contributed by atoms with van der Waals surface area (Å²) >= 11 is 6.13. The zero-order chi connectivity index (χ0) is 14.5. The number of rotatable bonds is 2. The van der Waals surface area contributed by atoms with E-state index in [1.165, 1.54) is 4.57 Å². The Morgan fingerprint density at radius 1 is 1.35 bits per heavy atom. The highest BCUT2D eigenvalue weighted by molar-refractivity contribution is 6.35. The third kappa shape index (κ3) is 2.06.